The van der Waals surface area contributed by atoms with E-state index in [1.165, 1.54) is 6.92 Å². The van der Waals surface area contributed by atoms with Crippen molar-refractivity contribution in [3.05, 3.63) is 32.9 Å². The summed E-state index contributed by atoms with van der Waals surface area (Å²) in [5.41, 5.74) is -2.13. The Kier molecular flexibility index (Phi) is 4.64. The molecule has 0 saturated carbocycles. The van der Waals surface area contributed by atoms with Gasteiger partial charge in [0.25, 0.3) is 5.56 Å². The molecule has 10 heteroatoms. The Labute approximate surface area is 129 Å². The predicted molar refractivity (Wildman–Crippen MR) is 72.0 cm³/mol. The van der Waals surface area contributed by atoms with Crippen LogP contribution in [0, 0.1) is 5.82 Å². The first-order valence-electron chi connectivity index (χ1n) is 6.71. The normalized spacial score (nSPS) is 26.8. The molecule has 2 heterocycles. The molecule has 0 aliphatic carbocycles. The zero-order chi connectivity index (χ0) is 17.3. The van der Waals surface area contributed by atoms with Crippen LogP contribution in [0.15, 0.2) is 15.8 Å². The second-order valence-corrected chi connectivity index (χ2v) is 5.02. The van der Waals surface area contributed by atoms with Gasteiger partial charge in [-0.15, -0.1) is 0 Å². The quantitative estimate of drug-likeness (QED) is 0.739. The van der Waals surface area contributed by atoms with E-state index in [1.807, 2.05) is 0 Å². The second kappa shape index (κ2) is 6.32. The number of nitrogens with one attached hydrogen (secondary N) is 1. The lowest BCUT2D eigenvalue weighted by atomic mass is 10.1. The smallest absolute Gasteiger partial charge is 0.330 e. The lowest BCUT2D eigenvalue weighted by molar-refractivity contribution is -0.165. The first-order valence-corrected chi connectivity index (χ1v) is 6.71. The van der Waals surface area contributed by atoms with E-state index in [1.54, 1.807) is 4.98 Å². The molecule has 1 aliphatic rings. The highest BCUT2D eigenvalue weighted by Gasteiger charge is 2.48. The number of aromatic nitrogens is 2. The van der Waals surface area contributed by atoms with Crippen LogP contribution in [-0.4, -0.2) is 39.8 Å². The number of rotatable bonds is 3. The van der Waals surface area contributed by atoms with Crippen LogP contribution in [0.4, 0.5) is 4.39 Å². The lowest BCUT2D eigenvalue weighted by Gasteiger charge is -2.23. The van der Waals surface area contributed by atoms with Crippen molar-refractivity contribution in [1.82, 2.24) is 9.55 Å². The number of aromatic amines is 1. The third-order valence-corrected chi connectivity index (χ3v) is 3.22. The van der Waals surface area contributed by atoms with Gasteiger partial charge in [0.05, 0.1) is 12.3 Å². The molecule has 1 aromatic rings. The Morgan fingerprint density at radius 2 is 1.78 bits per heavy atom. The first kappa shape index (κ1) is 16.9. The van der Waals surface area contributed by atoms with Crippen molar-refractivity contribution in [3.63, 3.8) is 0 Å². The first-order chi connectivity index (χ1) is 10.7. The maximum Gasteiger partial charge on any atom is 0.330 e. The highest BCUT2D eigenvalue weighted by atomic mass is 19.1. The number of carbonyl (C=O) groups is 2. The van der Waals surface area contributed by atoms with Gasteiger partial charge in [0.15, 0.2) is 18.4 Å². The number of hydrogen-bond donors (Lipinski definition) is 1. The van der Waals surface area contributed by atoms with Crippen molar-refractivity contribution in [3.8, 4) is 0 Å². The third kappa shape index (κ3) is 3.47. The van der Waals surface area contributed by atoms with Crippen LogP contribution in [0.3, 0.4) is 0 Å². The predicted octanol–water partition coefficient (Wildman–Crippen LogP) is -0.544. The molecule has 23 heavy (non-hydrogen) atoms. The zero-order valence-electron chi connectivity index (χ0n) is 12.6. The summed E-state index contributed by atoms with van der Waals surface area (Å²) in [5.74, 6) is -2.55. The van der Waals surface area contributed by atoms with E-state index in [4.69, 9.17) is 14.2 Å². The van der Waals surface area contributed by atoms with E-state index >= 15 is 0 Å². The molecule has 1 aromatic heterocycles. The molecule has 9 nitrogen and oxygen atoms in total. The summed E-state index contributed by atoms with van der Waals surface area (Å²) in [5, 5.41) is 0. The number of halogens is 1. The Bertz CT molecular complexity index is 741. The monoisotopic (exact) mass is 330 g/mol. The molecule has 0 spiro atoms. The molecule has 126 valence electrons. The van der Waals surface area contributed by atoms with Crippen LogP contribution in [0.5, 0.6) is 0 Å². The molecule has 0 bridgehead atoms. The van der Waals surface area contributed by atoms with E-state index in [2.05, 4.69) is 0 Å². The summed E-state index contributed by atoms with van der Waals surface area (Å²) < 4.78 is 29.8. The molecule has 0 amide bonds. The molecule has 0 aromatic carbocycles. The number of esters is 2. The molecule has 0 radical (unpaired) electrons. The van der Waals surface area contributed by atoms with Crippen LogP contribution in [0.1, 0.15) is 27.0 Å². The Morgan fingerprint density at radius 1 is 1.22 bits per heavy atom. The van der Waals surface area contributed by atoms with Crippen molar-refractivity contribution in [2.75, 3.05) is 0 Å². The van der Waals surface area contributed by atoms with Crippen molar-refractivity contribution in [2.24, 2.45) is 0 Å². The Morgan fingerprint density at radius 3 is 2.35 bits per heavy atom. The van der Waals surface area contributed by atoms with Crippen molar-refractivity contribution >= 4 is 11.9 Å². The summed E-state index contributed by atoms with van der Waals surface area (Å²) in [4.78, 5) is 47.2. The van der Waals surface area contributed by atoms with Gasteiger partial charge in [-0.2, -0.15) is 4.39 Å². The van der Waals surface area contributed by atoms with Gasteiger partial charge in [0.2, 0.25) is 5.82 Å². The summed E-state index contributed by atoms with van der Waals surface area (Å²) in [6, 6.07) is 0. The summed E-state index contributed by atoms with van der Waals surface area (Å²) in [7, 11) is 0. The van der Waals surface area contributed by atoms with E-state index in [-0.39, 0.29) is 0 Å². The van der Waals surface area contributed by atoms with Crippen LogP contribution in [0.25, 0.3) is 0 Å². The molecule has 1 saturated heterocycles. The highest BCUT2D eigenvalue weighted by Crippen LogP contribution is 2.32. The van der Waals surface area contributed by atoms with Crippen molar-refractivity contribution in [1.29, 1.82) is 0 Å². The minimum Gasteiger partial charge on any atom is -0.456 e. The summed E-state index contributed by atoms with van der Waals surface area (Å²) >= 11 is 0. The molecule has 1 aliphatic heterocycles. The van der Waals surface area contributed by atoms with E-state index < -0.39 is 53.5 Å². The van der Waals surface area contributed by atoms with Gasteiger partial charge in [-0.1, -0.05) is 0 Å². The average Bonchev–Trinajstić information content (AvgIpc) is 2.70. The third-order valence-electron chi connectivity index (χ3n) is 3.22. The standard InChI is InChI=1S/C13H15FN2O7/c1-5-9(22-6(2)17)10(23-7(3)18)12(21-5)16-4-8(14)11(19)15-13(16)20/h4-5,9-10,12H,1-3H3,(H,15,19,20)/t5-,9?,10?,12-/m0/s1. The molecular formula is C13H15FN2O7. The lowest BCUT2D eigenvalue weighted by Crippen LogP contribution is -2.41. The van der Waals surface area contributed by atoms with Crippen LogP contribution in [-0.2, 0) is 23.8 Å². The van der Waals surface area contributed by atoms with E-state index in [0.29, 0.717) is 6.20 Å². The maximum atomic E-state index is 13.5. The van der Waals surface area contributed by atoms with E-state index in [9.17, 15) is 23.6 Å². The number of carbonyl (C=O) groups excluding carboxylic acids is 2. The van der Waals surface area contributed by atoms with Crippen molar-refractivity contribution < 1.29 is 28.2 Å². The van der Waals surface area contributed by atoms with Gasteiger partial charge < -0.3 is 14.2 Å². The van der Waals surface area contributed by atoms with Gasteiger partial charge in [-0.05, 0) is 6.92 Å². The number of nitrogens with zero attached hydrogens (tertiary/aromatic N) is 1. The second-order valence-electron chi connectivity index (χ2n) is 5.02. The maximum absolute atomic E-state index is 13.5. The number of hydrogen-bond acceptors (Lipinski definition) is 7. The molecule has 1 fully saturated rings. The molecule has 2 rings (SSSR count). The zero-order valence-corrected chi connectivity index (χ0v) is 12.6. The molecule has 2 unspecified atom stereocenters. The van der Waals surface area contributed by atoms with Gasteiger partial charge in [-0.25, -0.2) is 4.79 Å². The van der Waals surface area contributed by atoms with Gasteiger partial charge in [0, 0.05) is 13.8 Å². The fourth-order valence-corrected chi connectivity index (χ4v) is 2.35. The minimum atomic E-state index is -1.25. The van der Waals surface area contributed by atoms with E-state index in [0.717, 1.165) is 18.4 Å². The van der Waals surface area contributed by atoms with Crippen molar-refractivity contribution in [2.45, 2.75) is 45.3 Å². The summed E-state index contributed by atoms with van der Waals surface area (Å²) in [6.07, 6.45) is -3.49. The Balaban J connectivity index is 2.45. The fourth-order valence-electron chi connectivity index (χ4n) is 2.35. The topological polar surface area (TPSA) is 117 Å². The van der Waals surface area contributed by atoms with Crippen LogP contribution in [0.2, 0.25) is 0 Å². The van der Waals surface area contributed by atoms with Gasteiger partial charge in [0.1, 0.15) is 0 Å². The number of ether oxygens (including phenoxy) is 3. The SMILES string of the molecule is CC(=O)OC1C(OC(C)=O)[C@@H](n2cc(F)c(=O)[nH]c2=O)O[C@H]1C. The molecule has 4 atom stereocenters. The molecular weight excluding hydrogens is 315 g/mol. The minimum absolute atomic E-state index is 0.636. The summed E-state index contributed by atoms with van der Waals surface area (Å²) in [6.45, 7) is 3.83. The average molecular weight is 330 g/mol. The van der Waals surface area contributed by atoms with Crippen LogP contribution < -0.4 is 11.2 Å². The largest absolute Gasteiger partial charge is 0.456 e. The van der Waals surface area contributed by atoms with Gasteiger partial charge in [-0.3, -0.25) is 23.9 Å². The van der Waals surface area contributed by atoms with Gasteiger partial charge >= 0.3 is 17.6 Å². The number of H-pyrrole nitrogens is 1. The van der Waals surface area contributed by atoms with Crippen LogP contribution >= 0.6 is 0 Å². The highest BCUT2D eigenvalue weighted by molar-refractivity contribution is 5.67. The Hall–Kier alpha value is -2.49. The molecule has 1 N–H and O–H groups in total. The fraction of sp³-hybridized carbons (Fsp3) is 0.538.